The molecule has 1 aromatic rings. The first-order valence-corrected chi connectivity index (χ1v) is 9.09. The zero-order valence-electron chi connectivity index (χ0n) is 17.3. The molecule has 1 atom stereocenters. The zero-order valence-corrected chi connectivity index (χ0v) is 17.3. The number of nitriles is 1. The monoisotopic (exact) mass is 448 g/mol. The van der Waals surface area contributed by atoms with Gasteiger partial charge < -0.3 is 10.1 Å². The maximum atomic E-state index is 13.1. The highest BCUT2D eigenvalue weighted by atomic mass is 19.4. The van der Waals surface area contributed by atoms with Gasteiger partial charge in [0, 0.05) is 5.56 Å². The standard InChI is InChI=1S/C21H22F6N2O2/c1-13(2)5-10-17(14(3)20(22,23)24)31-12-19(4,11-28)29-18(30)15-6-8-16(9-7-15)21(25,26)27/h5-10,13H,12H2,1-4H3,(H,29,30). The first-order chi connectivity index (χ1) is 14.1. The van der Waals surface area contributed by atoms with Crippen LogP contribution in [0.25, 0.3) is 0 Å². The van der Waals surface area contributed by atoms with Gasteiger partial charge in [0.2, 0.25) is 0 Å². The van der Waals surface area contributed by atoms with E-state index in [0.29, 0.717) is 12.1 Å². The highest BCUT2D eigenvalue weighted by Gasteiger charge is 2.35. The maximum Gasteiger partial charge on any atom is 0.416 e. The van der Waals surface area contributed by atoms with Crippen LogP contribution in [0.4, 0.5) is 26.3 Å². The molecule has 31 heavy (non-hydrogen) atoms. The van der Waals surface area contributed by atoms with Crippen LogP contribution in [0.5, 0.6) is 0 Å². The van der Waals surface area contributed by atoms with Crippen molar-refractivity contribution in [3.05, 3.63) is 58.9 Å². The lowest BCUT2D eigenvalue weighted by Crippen LogP contribution is -2.48. The molecule has 0 aromatic heterocycles. The number of carbonyl (C=O) groups is 1. The molecular formula is C21H22F6N2O2. The highest BCUT2D eigenvalue weighted by Crippen LogP contribution is 2.30. The molecule has 0 spiro atoms. The normalized spacial score (nSPS) is 15.3. The smallest absolute Gasteiger partial charge is 0.416 e. The first kappa shape index (κ1) is 26.1. The predicted molar refractivity (Wildman–Crippen MR) is 102 cm³/mol. The molecule has 0 fully saturated rings. The fourth-order valence-corrected chi connectivity index (χ4v) is 2.15. The van der Waals surface area contributed by atoms with Crippen LogP contribution in [-0.2, 0) is 10.9 Å². The molecule has 0 heterocycles. The summed E-state index contributed by atoms with van der Waals surface area (Å²) in [6.07, 6.45) is -6.62. The molecule has 1 rings (SSSR count). The number of hydrogen-bond acceptors (Lipinski definition) is 3. The van der Waals surface area contributed by atoms with Crippen molar-refractivity contribution in [2.24, 2.45) is 5.92 Å². The summed E-state index contributed by atoms with van der Waals surface area (Å²) in [6, 6.07) is 5.03. The fourth-order valence-electron chi connectivity index (χ4n) is 2.15. The van der Waals surface area contributed by atoms with Crippen LogP contribution >= 0.6 is 0 Å². The van der Waals surface area contributed by atoms with Crippen molar-refractivity contribution < 1.29 is 35.9 Å². The topological polar surface area (TPSA) is 62.1 Å². The Morgan fingerprint density at radius 1 is 1.16 bits per heavy atom. The minimum atomic E-state index is -4.66. The number of nitrogens with zero attached hydrogens (tertiary/aromatic N) is 1. The summed E-state index contributed by atoms with van der Waals surface area (Å²) < 4.78 is 82.4. The minimum absolute atomic E-state index is 0.0682. The minimum Gasteiger partial charge on any atom is -0.490 e. The Hall–Kier alpha value is -2.96. The summed E-state index contributed by atoms with van der Waals surface area (Å²) in [5.74, 6) is -1.45. The molecule has 1 amide bonds. The third-order valence-corrected chi connectivity index (χ3v) is 4.05. The number of rotatable bonds is 7. The van der Waals surface area contributed by atoms with Crippen LogP contribution in [-0.4, -0.2) is 24.2 Å². The number of carbonyl (C=O) groups excluding carboxylic acids is 1. The van der Waals surface area contributed by atoms with Crippen LogP contribution in [0, 0.1) is 17.2 Å². The molecule has 0 saturated carbocycles. The lowest BCUT2D eigenvalue weighted by Gasteiger charge is -2.25. The van der Waals surface area contributed by atoms with Crippen LogP contribution < -0.4 is 5.32 Å². The summed E-state index contributed by atoms with van der Waals surface area (Å²) in [6.45, 7) is 4.93. The highest BCUT2D eigenvalue weighted by molar-refractivity contribution is 5.95. The maximum absolute atomic E-state index is 13.1. The SMILES string of the molecule is CC(=C(C=CC(C)C)OCC(C)(C#N)NC(=O)c1ccc(C(F)(F)F)cc1)C(F)(F)F. The van der Waals surface area contributed by atoms with Crippen molar-refractivity contribution in [3.8, 4) is 6.07 Å². The van der Waals surface area contributed by atoms with Gasteiger partial charge in [-0.15, -0.1) is 0 Å². The third-order valence-electron chi connectivity index (χ3n) is 4.05. The van der Waals surface area contributed by atoms with Crippen LogP contribution in [0.1, 0.15) is 43.6 Å². The summed E-state index contributed by atoms with van der Waals surface area (Å²) >= 11 is 0. The summed E-state index contributed by atoms with van der Waals surface area (Å²) in [7, 11) is 0. The Bertz CT molecular complexity index is 877. The number of alkyl halides is 6. The number of hydrogen-bond donors (Lipinski definition) is 1. The van der Waals surface area contributed by atoms with Crippen LogP contribution in [0.3, 0.4) is 0 Å². The average Bonchev–Trinajstić information content (AvgIpc) is 2.66. The third kappa shape index (κ3) is 8.00. The van der Waals surface area contributed by atoms with Gasteiger partial charge in [0.25, 0.3) is 5.91 Å². The quantitative estimate of drug-likeness (QED) is 0.327. The van der Waals surface area contributed by atoms with Gasteiger partial charge in [-0.3, -0.25) is 4.79 Å². The van der Waals surface area contributed by atoms with E-state index >= 15 is 0 Å². The van der Waals surface area contributed by atoms with Gasteiger partial charge in [-0.05, 0) is 50.1 Å². The average molecular weight is 448 g/mol. The van der Waals surface area contributed by atoms with E-state index in [1.807, 2.05) is 0 Å². The Morgan fingerprint density at radius 2 is 1.71 bits per heavy atom. The van der Waals surface area contributed by atoms with E-state index in [-0.39, 0.29) is 11.5 Å². The molecule has 0 aliphatic carbocycles. The van der Waals surface area contributed by atoms with Gasteiger partial charge in [0.15, 0.2) is 5.54 Å². The number of benzene rings is 1. The van der Waals surface area contributed by atoms with Gasteiger partial charge in [0.1, 0.15) is 12.4 Å². The number of allylic oxidation sites excluding steroid dienone is 3. The van der Waals surface area contributed by atoms with E-state index in [1.165, 1.54) is 13.0 Å². The molecule has 0 aliphatic rings. The predicted octanol–water partition coefficient (Wildman–Crippen LogP) is 5.78. The zero-order chi connectivity index (χ0) is 24.0. The molecule has 1 aromatic carbocycles. The molecular weight excluding hydrogens is 426 g/mol. The molecule has 1 unspecified atom stereocenters. The molecule has 10 heteroatoms. The van der Waals surface area contributed by atoms with Crippen molar-refractivity contribution in [2.45, 2.75) is 45.6 Å². The summed E-state index contributed by atoms with van der Waals surface area (Å²) in [4.78, 5) is 12.3. The van der Waals surface area contributed by atoms with Crippen molar-refractivity contribution in [1.29, 1.82) is 5.26 Å². The molecule has 0 radical (unpaired) electrons. The van der Waals surface area contributed by atoms with E-state index in [2.05, 4.69) is 5.32 Å². The molecule has 0 aliphatic heterocycles. The van der Waals surface area contributed by atoms with E-state index < -0.39 is 47.3 Å². The van der Waals surface area contributed by atoms with Crippen molar-refractivity contribution >= 4 is 5.91 Å². The Labute approximate surface area is 176 Å². The fraction of sp³-hybridized carbons (Fsp3) is 0.429. The largest absolute Gasteiger partial charge is 0.490 e. The van der Waals surface area contributed by atoms with Crippen LogP contribution in [0.15, 0.2) is 47.7 Å². The Kier molecular flexibility index (Phi) is 8.33. The van der Waals surface area contributed by atoms with Crippen molar-refractivity contribution in [3.63, 3.8) is 0 Å². The summed E-state index contributed by atoms with van der Waals surface area (Å²) in [5.41, 5.74) is -3.87. The van der Waals surface area contributed by atoms with Gasteiger partial charge in [0.05, 0.1) is 17.2 Å². The van der Waals surface area contributed by atoms with E-state index in [4.69, 9.17) is 4.74 Å². The number of ether oxygens (including phenoxy) is 1. The molecule has 0 saturated heterocycles. The number of halogens is 6. The van der Waals surface area contributed by atoms with Crippen molar-refractivity contribution in [1.82, 2.24) is 5.32 Å². The van der Waals surface area contributed by atoms with Gasteiger partial charge in [-0.2, -0.15) is 31.6 Å². The van der Waals surface area contributed by atoms with Crippen molar-refractivity contribution in [2.75, 3.05) is 6.61 Å². The Morgan fingerprint density at radius 3 is 2.13 bits per heavy atom. The second kappa shape index (κ2) is 9.90. The van der Waals surface area contributed by atoms with Crippen LogP contribution in [0.2, 0.25) is 0 Å². The molecule has 0 bridgehead atoms. The van der Waals surface area contributed by atoms with E-state index in [9.17, 15) is 36.4 Å². The Balaban J connectivity index is 3.03. The van der Waals surface area contributed by atoms with Gasteiger partial charge in [-0.25, -0.2) is 0 Å². The first-order valence-electron chi connectivity index (χ1n) is 9.09. The van der Waals surface area contributed by atoms with E-state index in [1.54, 1.807) is 19.9 Å². The number of nitrogens with one attached hydrogen (secondary N) is 1. The number of amides is 1. The molecule has 1 N–H and O–H groups in total. The second-order valence-electron chi connectivity index (χ2n) is 7.35. The molecule has 4 nitrogen and oxygen atoms in total. The second-order valence-corrected chi connectivity index (χ2v) is 7.35. The van der Waals surface area contributed by atoms with Gasteiger partial charge >= 0.3 is 12.4 Å². The lowest BCUT2D eigenvalue weighted by atomic mass is 10.0. The molecule has 170 valence electrons. The van der Waals surface area contributed by atoms with E-state index in [0.717, 1.165) is 25.1 Å². The lowest BCUT2D eigenvalue weighted by molar-refractivity contribution is -0.137. The van der Waals surface area contributed by atoms with Gasteiger partial charge in [-0.1, -0.05) is 19.9 Å². The summed E-state index contributed by atoms with van der Waals surface area (Å²) in [5, 5.41) is 11.7.